The topological polar surface area (TPSA) is 37.8 Å². The van der Waals surface area contributed by atoms with Crippen molar-refractivity contribution in [2.75, 3.05) is 0 Å². The van der Waals surface area contributed by atoms with Gasteiger partial charge in [0.15, 0.2) is 0 Å². The second-order valence-corrected chi connectivity index (χ2v) is 7.65. The first-order chi connectivity index (χ1) is 9.92. The molecule has 1 N–H and O–H groups in total. The molecule has 3 nitrogen and oxygen atoms in total. The molecule has 21 heavy (non-hydrogen) atoms. The maximum Gasteiger partial charge on any atom is 0.142 e. The molecule has 0 aliphatic heterocycles. The molecular formula is C16H20FN3S. The molecule has 112 valence electrons. The summed E-state index contributed by atoms with van der Waals surface area (Å²) in [7, 11) is 0. The number of nitrogens with zero attached hydrogens (tertiary/aromatic N) is 2. The molecule has 3 rings (SSSR count). The second kappa shape index (κ2) is 5.46. The number of nitrogens with one attached hydrogen (secondary N) is 1. The van der Waals surface area contributed by atoms with Gasteiger partial charge in [-0.25, -0.2) is 9.37 Å². The van der Waals surface area contributed by atoms with E-state index in [2.05, 4.69) is 31.1 Å². The number of hydrogen-bond acceptors (Lipinski definition) is 4. The van der Waals surface area contributed by atoms with Crippen molar-refractivity contribution in [1.29, 1.82) is 0 Å². The van der Waals surface area contributed by atoms with Crippen LogP contribution in [0.15, 0.2) is 18.3 Å². The van der Waals surface area contributed by atoms with Crippen molar-refractivity contribution in [2.24, 2.45) is 0 Å². The molecular weight excluding hydrogens is 285 g/mol. The molecule has 0 bridgehead atoms. The van der Waals surface area contributed by atoms with Gasteiger partial charge in [-0.05, 0) is 45.7 Å². The highest BCUT2D eigenvalue weighted by Gasteiger charge is 2.30. The average molecular weight is 305 g/mol. The molecule has 2 heterocycles. The molecule has 1 aliphatic rings. The van der Waals surface area contributed by atoms with Gasteiger partial charge in [0, 0.05) is 22.9 Å². The van der Waals surface area contributed by atoms with E-state index in [4.69, 9.17) is 4.98 Å². The first kappa shape index (κ1) is 14.6. The van der Waals surface area contributed by atoms with Crippen molar-refractivity contribution >= 4 is 11.3 Å². The van der Waals surface area contributed by atoms with Crippen LogP contribution in [-0.2, 0) is 6.54 Å². The van der Waals surface area contributed by atoms with E-state index in [1.807, 2.05) is 0 Å². The standard InChI is InChI=1S/C16H20FN3S/c1-16(2,3)19-9-13-14(10-4-5-10)20-15(21-13)12-7-6-11(17)8-18-12/h6-8,10,19H,4-5,9H2,1-3H3. The van der Waals surface area contributed by atoms with E-state index in [9.17, 15) is 4.39 Å². The van der Waals surface area contributed by atoms with Crippen LogP contribution < -0.4 is 5.32 Å². The molecule has 0 aromatic carbocycles. The summed E-state index contributed by atoms with van der Waals surface area (Å²) in [5.74, 6) is 0.291. The first-order valence-electron chi connectivity index (χ1n) is 7.29. The predicted molar refractivity (Wildman–Crippen MR) is 83.9 cm³/mol. The Hall–Kier alpha value is -1.33. The van der Waals surface area contributed by atoms with Crippen molar-refractivity contribution in [3.8, 4) is 10.7 Å². The van der Waals surface area contributed by atoms with E-state index < -0.39 is 0 Å². The van der Waals surface area contributed by atoms with Crippen molar-refractivity contribution in [1.82, 2.24) is 15.3 Å². The summed E-state index contributed by atoms with van der Waals surface area (Å²) in [5.41, 5.74) is 2.04. The summed E-state index contributed by atoms with van der Waals surface area (Å²) < 4.78 is 13.0. The van der Waals surface area contributed by atoms with Gasteiger partial charge in [0.25, 0.3) is 0 Å². The molecule has 2 aromatic heterocycles. The van der Waals surface area contributed by atoms with Crippen LogP contribution in [0.1, 0.15) is 50.1 Å². The van der Waals surface area contributed by atoms with Gasteiger partial charge in [-0.15, -0.1) is 11.3 Å². The van der Waals surface area contributed by atoms with Gasteiger partial charge in [-0.2, -0.15) is 0 Å². The van der Waals surface area contributed by atoms with Crippen LogP contribution in [0.5, 0.6) is 0 Å². The normalized spacial score (nSPS) is 15.4. The van der Waals surface area contributed by atoms with Gasteiger partial charge in [0.2, 0.25) is 0 Å². The van der Waals surface area contributed by atoms with E-state index in [-0.39, 0.29) is 11.4 Å². The van der Waals surface area contributed by atoms with Crippen LogP contribution in [0.25, 0.3) is 10.7 Å². The highest BCUT2D eigenvalue weighted by atomic mass is 32.1. The minimum atomic E-state index is -0.313. The molecule has 0 radical (unpaired) electrons. The minimum Gasteiger partial charge on any atom is -0.307 e. The Balaban J connectivity index is 1.87. The second-order valence-electron chi connectivity index (χ2n) is 6.57. The zero-order valence-electron chi connectivity index (χ0n) is 12.6. The van der Waals surface area contributed by atoms with Crippen molar-refractivity contribution in [3.05, 3.63) is 34.7 Å². The van der Waals surface area contributed by atoms with Crippen LogP contribution in [-0.4, -0.2) is 15.5 Å². The summed E-state index contributed by atoms with van der Waals surface area (Å²) in [4.78, 5) is 10.2. The Kier molecular flexibility index (Phi) is 3.80. The molecule has 2 aromatic rings. The molecule has 1 fully saturated rings. The van der Waals surface area contributed by atoms with Gasteiger partial charge in [-0.1, -0.05) is 0 Å². The summed E-state index contributed by atoms with van der Waals surface area (Å²) in [6, 6.07) is 3.14. The number of hydrogen-bond donors (Lipinski definition) is 1. The number of aromatic nitrogens is 2. The van der Waals surface area contributed by atoms with Gasteiger partial charge in [0.1, 0.15) is 10.8 Å². The first-order valence-corrected chi connectivity index (χ1v) is 8.10. The zero-order valence-corrected chi connectivity index (χ0v) is 13.4. The highest BCUT2D eigenvalue weighted by Crippen LogP contribution is 2.44. The van der Waals surface area contributed by atoms with Crippen LogP contribution >= 0.6 is 11.3 Å². The molecule has 0 atom stereocenters. The Morgan fingerprint density at radius 3 is 2.67 bits per heavy atom. The quantitative estimate of drug-likeness (QED) is 0.923. The molecule has 5 heteroatoms. The van der Waals surface area contributed by atoms with Crippen molar-refractivity contribution in [2.45, 2.75) is 51.6 Å². The molecule has 1 aliphatic carbocycles. The number of rotatable bonds is 4. The largest absolute Gasteiger partial charge is 0.307 e. The zero-order chi connectivity index (χ0) is 15.0. The minimum absolute atomic E-state index is 0.0824. The molecule has 0 spiro atoms. The van der Waals surface area contributed by atoms with Crippen LogP contribution in [0.2, 0.25) is 0 Å². The Morgan fingerprint density at radius 2 is 2.10 bits per heavy atom. The number of halogens is 1. The van der Waals surface area contributed by atoms with E-state index in [1.54, 1.807) is 17.4 Å². The SMILES string of the molecule is CC(C)(C)NCc1sc(-c2ccc(F)cn2)nc1C1CC1. The van der Waals surface area contributed by atoms with Crippen LogP contribution in [0, 0.1) is 5.82 Å². The summed E-state index contributed by atoms with van der Waals surface area (Å²) in [5, 5.41) is 4.42. The van der Waals surface area contributed by atoms with Crippen molar-refractivity contribution in [3.63, 3.8) is 0 Å². The third kappa shape index (κ3) is 3.66. The van der Waals surface area contributed by atoms with Gasteiger partial charge < -0.3 is 5.32 Å². The van der Waals surface area contributed by atoms with Gasteiger partial charge in [-0.3, -0.25) is 4.98 Å². The maximum atomic E-state index is 13.0. The summed E-state index contributed by atoms with van der Waals surface area (Å²) in [6.07, 6.45) is 3.70. The van der Waals surface area contributed by atoms with E-state index in [1.165, 1.54) is 35.7 Å². The fourth-order valence-corrected chi connectivity index (χ4v) is 3.19. The third-order valence-corrected chi connectivity index (χ3v) is 4.51. The van der Waals surface area contributed by atoms with E-state index in [0.717, 1.165) is 17.2 Å². The Morgan fingerprint density at radius 1 is 1.33 bits per heavy atom. The van der Waals surface area contributed by atoms with E-state index in [0.29, 0.717) is 5.92 Å². The van der Waals surface area contributed by atoms with Gasteiger partial charge in [0.05, 0.1) is 17.6 Å². The Labute approximate surface area is 128 Å². The fraction of sp³-hybridized carbons (Fsp3) is 0.500. The van der Waals surface area contributed by atoms with E-state index >= 15 is 0 Å². The third-order valence-electron chi connectivity index (χ3n) is 3.42. The number of pyridine rings is 1. The summed E-state index contributed by atoms with van der Waals surface area (Å²) in [6.45, 7) is 7.31. The van der Waals surface area contributed by atoms with Crippen LogP contribution in [0.3, 0.4) is 0 Å². The summed E-state index contributed by atoms with van der Waals surface area (Å²) >= 11 is 1.67. The lowest BCUT2D eigenvalue weighted by molar-refractivity contribution is 0.425. The highest BCUT2D eigenvalue weighted by molar-refractivity contribution is 7.15. The number of thiazole rings is 1. The smallest absolute Gasteiger partial charge is 0.142 e. The average Bonchev–Trinajstić information content (AvgIpc) is 3.17. The molecule has 1 saturated carbocycles. The van der Waals surface area contributed by atoms with Crippen molar-refractivity contribution < 1.29 is 4.39 Å². The lowest BCUT2D eigenvalue weighted by Gasteiger charge is -2.20. The lowest BCUT2D eigenvalue weighted by Crippen LogP contribution is -2.35. The monoisotopic (exact) mass is 305 g/mol. The maximum absolute atomic E-state index is 13.0. The van der Waals surface area contributed by atoms with Crippen LogP contribution in [0.4, 0.5) is 4.39 Å². The predicted octanol–water partition coefficient (Wildman–Crippen LogP) is 4.11. The molecule has 0 unspecified atom stereocenters. The Bertz CT molecular complexity index is 624. The molecule has 0 amide bonds. The fourth-order valence-electron chi connectivity index (χ4n) is 2.12. The van der Waals surface area contributed by atoms with Gasteiger partial charge >= 0.3 is 0 Å². The lowest BCUT2D eigenvalue weighted by atomic mass is 10.1. The molecule has 0 saturated heterocycles.